The first kappa shape index (κ1) is 17.5. The number of rotatable bonds is 7. The van der Waals surface area contributed by atoms with E-state index in [-0.39, 0.29) is 12.6 Å². The molecule has 5 heteroatoms. The number of carbonyl (C=O) groups is 1. The smallest absolute Gasteiger partial charge is 0.322 e. The molecule has 1 fully saturated rings. The van der Waals surface area contributed by atoms with E-state index in [1.807, 2.05) is 70.5 Å². The van der Waals surface area contributed by atoms with Gasteiger partial charge in [0, 0.05) is 26.2 Å². The summed E-state index contributed by atoms with van der Waals surface area (Å²) in [6.45, 7) is 3.33. The van der Waals surface area contributed by atoms with Gasteiger partial charge in [-0.1, -0.05) is 60.7 Å². The first-order chi connectivity index (χ1) is 12.3. The van der Waals surface area contributed by atoms with Gasteiger partial charge >= 0.3 is 6.03 Å². The molecule has 0 spiro atoms. The first-order valence-electron chi connectivity index (χ1n) is 8.71. The summed E-state index contributed by atoms with van der Waals surface area (Å²) in [5.41, 5.74) is 2.25. The molecule has 2 aromatic carbocycles. The predicted octanol–water partition coefficient (Wildman–Crippen LogP) is 2.72. The number of benzene rings is 2. The maximum Gasteiger partial charge on any atom is 0.322 e. The Morgan fingerprint density at radius 1 is 0.800 bits per heavy atom. The maximum atomic E-state index is 12.9. The van der Waals surface area contributed by atoms with Crippen LogP contribution in [0.15, 0.2) is 60.7 Å². The summed E-state index contributed by atoms with van der Waals surface area (Å²) in [6, 6.07) is 20.2. The molecule has 0 aromatic heterocycles. The Labute approximate surface area is 149 Å². The number of aliphatic hydroxyl groups excluding tert-OH is 1. The minimum atomic E-state index is 0.0629. The van der Waals surface area contributed by atoms with Crippen molar-refractivity contribution in [2.45, 2.75) is 19.5 Å². The molecular weight excluding hydrogens is 314 g/mol. The molecule has 0 radical (unpaired) electrons. The van der Waals surface area contributed by atoms with Crippen molar-refractivity contribution < 1.29 is 9.90 Å². The van der Waals surface area contributed by atoms with Crippen LogP contribution in [0.5, 0.6) is 0 Å². The van der Waals surface area contributed by atoms with Crippen molar-refractivity contribution in [1.29, 1.82) is 0 Å². The number of nitrogens with zero attached hydrogens (tertiary/aromatic N) is 3. The summed E-state index contributed by atoms with van der Waals surface area (Å²) in [7, 11) is 0. The van der Waals surface area contributed by atoms with E-state index < -0.39 is 0 Å². The molecule has 0 bridgehead atoms. The molecule has 1 aliphatic heterocycles. The van der Waals surface area contributed by atoms with E-state index in [4.69, 9.17) is 5.11 Å². The van der Waals surface area contributed by atoms with E-state index in [2.05, 4.69) is 4.90 Å². The predicted molar refractivity (Wildman–Crippen MR) is 97.5 cm³/mol. The zero-order valence-electron chi connectivity index (χ0n) is 14.4. The highest BCUT2D eigenvalue weighted by Crippen LogP contribution is 2.17. The molecule has 1 aliphatic rings. The zero-order valence-corrected chi connectivity index (χ0v) is 14.4. The molecule has 0 saturated carbocycles. The number of aliphatic hydroxyl groups is 1. The van der Waals surface area contributed by atoms with Crippen LogP contribution >= 0.6 is 0 Å². The summed E-state index contributed by atoms with van der Waals surface area (Å²) in [5.74, 6) is 0. The van der Waals surface area contributed by atoms with Crippen LogP contribution < -0.4 is 0 Å². The highest BCUT2D eigenvalue weighted by molar-refractivity contribution is 5.75. The van der Waals surface area contributed by atoms with Gasteiger partial charge < -0.3 is 14.9 Å². The average molecular weight is 339 g/mol. The fraction of sp³-hybridized carbons (Fsp3) is 0.350. The van der Waals surface area contributed by atoms with Crippen molar-refractivity contribution in [2.24, 2.45) is 0 Å². The molecule has 2 amide bonds. The number of carbonyl (C=O) groups excluding carboxylic acids is 1. The Kier molecular flexibility index (Phi) is 6.04. The largest absolute Gasteiger partial charge is 0.396 e. The fourth-order valence-electron chi connectivity index (χ4n) is 3.13. The third kappa shape index (κ3) is 4.81. The molecule has 0 atom stereocenters. The molecule has 0 unspecified atom stereocenters. The lowest BCUT2D eigenvalue weighted by molar-refractivity contribution is 0.0239. The average Bonchev–Trinajstić information content (AvgIpc) is 2.65. The van der Waals surface area contributed by atoms with Gasteiger partial charge in [-0.25, -0.2) is 4.79 Å². The molecule has 2 aromatic rings. The SMILES string of the molecule is O=C1N(Cc2ccccc2)CN(CCCO)CN1Cc1ccccc1. The molecule has 1 saturated heterocycles. The maximum absolute atomic E-state index is 12.9. The van der Waals surface area contributed by atoms with E-state index in [1.54, 1.807) is 0 Å². The summed E-state index contributed by atoms with van der Waals surface area (Å²) < 4.78 is 0. The lowest BCUT2D eigenvalue weighted by Crippen LogP contribution is -2.57. The summed E-state index contributed by atoms with van der Waals surface area (Å²) in [6.07, 6.45) is 0.715. The van der Waals surface area contributed by atoms with Gasteiger partial charge in [0.15, 0.2) is 0 Å². The number of hydrogen-bond acceptors (Lipinski definition) is 3. The molecule has 0 aliphatic carbocycles. The fourth-order valence-corrected chi connectivity index (χ4v) is 3.13. The third-order valence-corrected chi connectivity index (χ3v) is 4.35. The van der Waals surface area contributed by atoms with Crippen LogP contribution in [0.4, 0.5) is 4.79 Å². The zero-order chi connectivity index (χ0) is 17.5. The Hall–Kier alpha value is -2.37. The normalized spacial score (nSPS) is 15.6. The van der Waals surface area contributed by atoms with Crippen molar-refractivity contribution in [2.75, 3.05) is 26.5 Å². The second-order valence-electron chi connectivity index (χ2n) is 6.40. The molecule has 5 nitrogen and oxygen atoms in total. The Morgan fingerprint density at radius 3 is 1.72 bits per heavy atom. The Morgan fingerprint density at radius 2 is 1.28 bits per heavy atom. The summed E-state index contributed by atoms with van der Waals surface area (Å²) in [5, 5.41) is 9.13. The van der Waals surface area contributed by atoms with Crippen LogP contribution in [-0.4, -0.2) is 52.3 Å². The van der Waals surface area contributed by atoms with Gasteiger partial charge in [0.2, 0.25) is 0 Å². The van der Waals surface area contributed by atoms with Crippen molar-refractivity contribution in [1.82, 2.24) is 14.7 Å². The quantitative estimate of drug-likeness (QED) is 0.844. The lowest BCUT2D eigenvalue weighted by atomic mass is 10.2. The van der Waals surface area contributed by atoms with Gasteiger partial charge in [-0.3, -0.25) is 4.90 Å². The van der Waals surface area contributed by atoms with Crippen LogP contribution in [-0.2, 0) is 13.1 Å². The van der Waals surface area contributed by atoms with Gasteiger partial charge in [0.25, 0.3) is 0 Å². The van der Waals surface area contributed by atoms with Crippen LogP contribution in [0.25, 0.3) is 0 Å². The van der Waals surface area contributed by atoms with E-state index in [9.17, 15) is 4.79 Å². The van der Waals surface area contributed by atoms with Gasteiger partial charge in [0.05, 0.1) is 13.3 Å². The molecule has 132 valence electrons. The van der Waals surface area contributed by atoms with Gasteiger partial charge in [-0.05, 0) is 17.5 Å². The second-order valence-corrected chi connectivity index (χ2v) is 6.40. The Bertz CT molecular complexity index is 610. The summed E-state index contributed by atoms with van der Waals surface area (Å²) >= 11 is 0. The van der Waals surface area contributed by atoms with Crippen LogP contribution in [0.1, 0.15) is 17.5 Å². The monoisotopic (exact) mass is 339 g/mol. The second kappa shape index (κ2) is 8.65. The lowest BCUT2D eigenvalue weighted by Gasteiger charge is -2.42. The van der Waals surface area contributed by atoms with Gasteiger partial charge in [-0.15, -0.1) is 0 Å². The first-order valence-corrected chi connectivity index (χ1v) is 8.71. The van der Waals surface area contributed by atoms with Gasteiger partial charge in [-0.2, -0.15) is 0 Å². The van der Waals surface area contributed by atoms with Gasteiger partial charge in [0.1, 0.15) is 0 Å². The van der Waals surface area contributed by atoms with E-state index >= 15 is 0 Å². The molecule has 25 heavy (non-hydrogen) atoms. The molecular formula is C20H25N3O2. The van der Waals surface area contributed by atoms with Crippen molar-refractivity contribution in [3.63, 3.8) is 0 Å². The number of hydrogen-bond donors (Lipinski definition) is 1. The molecule has 1 N–H and O–H groups in total. The van der Waals surface area contributed by atoms with Crippen LogP contribution in [0.2, 0.25) is 0 Å². The Balaban J connectivity index is 1.73. The van der Waals surface area contributed by atoms with E-state index in [0.29, 0.717) is 32.8 Å². The number of amides is 2. The summed E-state index contributed by atoms with van der Waals surface area (Å²) in [4.78, 5) is 18.9. The van der Waals surface area contributed by atoms with Crippen LogP contribution in [0.3, 0.4) is 0 Å². The minimum Gasteiger partial charge on any atom is -0.396 e. The minimum absolute atomic E-state index is 0.0629. The third-order valence-electron chi connectivity index (χ3n) is 4.35. The van der Waals surface area contributed by atoms with Crippen molar-refractivity contribution in [3.8, 4) is 0 Å². The van der Waals surface area contributed by atoms with Crippen molar-refractivity contribution in [3.05, 3.63) is 71.8 Å². The molecule has 3 rings (SSSR count). The standard InChI is InChI=1S/C20H25N3O2/c24-13-7-12-21-16-22(14-18-8-3-1-4-9-18)20(25)23(17-21)15-19-10-5-2-6-11-19/h1-6,8-11,24H,7,12-17H2. The highest BCUT2D eigenvalue weighted by atomic mass is 16.3. The molecule has 1 heterocycles. The number of urea groups is 1. The van der Waals surface area contributed by atoms with E-state index in [1.165, 1.54) is 0 Å². The van der Waals surface area contributed by atoms with E-state index in [0.717, 1.165) is 17.7 Å². The van der Waals surface area contributed by atoms with Crippen molar-refractivity contribution >= 4 is 6.03 Å². The highest BCUT2D eigenvalue weighted by Gasteiger charge is 2.29. The van der Waals surface area contributed by atoms with Crippen LogP contribution in [0, 0.1) is 0 Å². The topological polar surface area (TPSA) is 47.0 Å².